The third-order valence-corrected chi connectivity index (χ3v) is 7.23. The lowest BCUT2D eigenvalue weighted by molar-refractivity contribution is -0.122. The zero-order valence-corrected chi connectivity index (χ0v) is 23.1. The summed E-state index contributed by atoms with van der Waals surface area (Å²) in [4.78, 5) is 32.2. The highest BCUT2D eigenvalue weighted by Crippen LogP contribution is 2.29. The van der Waals surface area contributed by atoms with Crippen LogP contribution in [0.1, 0.15) is 50.7 Å². The van der Waals surface area contributed by atoms with Crippen LogP contribution in [0.5, 0.6) is 0 Å². The Bertz CT molecular complexity index is 1260. The number of benzene rings is 3. The zero-order valence-electron chi connectivity index (χ0n) is 22.3. The molecule has 6 nitrogen and oxygen atoms in total. The number of thiazole rings is 1. The SMILES string of the molecule is CC(C)(C)CC(=O)NCCN(CCC(c1ccccc1)c1ccccc1)C(=O)Nc1nc2ccccc2s1. The van der Waals surface area contributed by atoms with Crippen molar-refractivity contribution >= 4 is 38.6 Å². The van der Waals surface area contributed by atoms with Crippen LogP contribution in [0.4, 0.5) is 9.93 Å². The van der Waals surface area contributed by atoms with Gasteiger partial charge in [0.1, 0.15) is 0 Å². The van der Waals surface area contributed by atoms with Crippen molar-refractivity contribution in [3.05, 3.63) is 96.1 Å². The van der Waals surface area contributed by atoms with E-state index >= 15 is 0 Å². The summed E-state index contributed by atoms with van der Waals surface area (Å²) in [6.07, 6.45) is 1.19. The molecule has 0 spiro atoms. The van der Waals surface area contributed by atoms with Gasteiger partial charge in [-0.3, -0.25) is 10.1 Å². The van der Waals surface area contributed by atoms with Gasteiger partial charge in [-0.15, -0.1) is 0 Å². The van der Waals surface area contributed by atoms with Gasteiger partial charge >= 0.3 is 6.03 Å². The van der Waals surface area contributed by atoms with Crippen LogP contribution in [0.2, 0.25) is 0 Å². The quantitative estimate of drug-likeness (QED) is 0.235. The highest BCUT2D eigenvalue weighted by atomic mass is 32.1. The summed E-state index contributed by atoms with van der Waals surface area (Å²) >= 11 is 1.46. The number of amides is 3. The van der Waals surface area contributed by atoms with Crippen LogP contribution in [0, 0.1) is 5.41 Å². The highest BCUT2D eigenvalue weighted by molar-refractivity contribution is 7.22. The Hall–Kier alpha value is -3.71. The van der Waals surface area contributed by atoms with E-state index in [4.69, 9.17) is 0 Å². The molecule has 0 aliphatic heterocycles. The Morgan fingerprint density at radius 1 is 0.868 bits per heavy atom. The minimum absolute atomic E-state index is 0.00419. The molecule has 0 unspecified atom stereocenters. The summed E-state index contributed by atoms with van der Waals surface area (Å²) in [5, 5.41) is 6.55. The third kappa shape index (κ3) is 7.89. The van der Waals surface area contributed by atoms with E-state index in [0.717, 1.165) is 16.6 Å². The Kier molecular flexibility index (Phi) is 9.13. The number of hydrogen-bond donors (Lipinski definition) is 2. The van der Waals surface area contributed by atoms with Crippen molar-refractivity contribution in [2.75, 3.05) is 25.0 Å². The fraction of sp³-hybridized carbons (Fsp3) is 0.323. The first-order valence-electron chi connectivity index (χ1n) is 13.1. The van der Waals surface area contributed by atoms with Crippen molar-refractivity contribution in [1.29, 1.82) is 0 Å². The molecule has 1 heterocycles. The fourth-order valence-electron chi connectivity index (χ4n) is 4.47. The maximum Gasteiger partial charge on any atom is 0.323 e. The Labute approximate surface area is 229 Å². The van der Waals surface area contributed by atoms with Crippen molar-refractivity contribution in [3.8, 4) is 0 Å². The molecule has 0 bridgehead atoms. The van der Waals surface area contributed by atoms with E-state index < -0.39 is 0 Å². The first kappa shape index (κ1) is 27.3. The maximum atomic E-state index is 13.4. The zero-order chi connectivity index (χ0) is 27.0. The van der Waals surface area contributed by atoms with Gasteiger partial charge in [0, 0.05) is 32.0 Å². The summed E-state index contributed by atoms with van der Waals surface area (Å²) in [6, 6.07) is 28.4. The fourth-order valence-corrected chi connectivity index (χ4v) is 5.32. The number of para-hydroxylation sites is 1. The number of aromatic nitrogens is 1. The van der Waals surface area contributed by atoms with Crippen LogP contribution in [0.25, 0.3) is 10.2 Å². The lowest BCUT2D eigenvalue weighted by Gasteiger charge is -2.26. The average molecular weight is 529 g/mol. The van der Waals surface area contributed by atoms with Gasteiger partial charge in [0.25, 0.3) is 0 Å². The average Bonchev–Trinajstić information content (AvgIpc) is 3.30. The smallest absolute Gasteiger partial charge is 0.323 e. The second kappa shape index (κ2) is 12.7. The van der Waals surface area contributed by atoms with Crippen LogP contribution < -0.4 is 10.6 Å². The van der Waals surface area contributed by atoms with Crippen LogP contribution >= 0.6 is 11.3 Å². The summed E-state index contributed by atoms with van der Waals surface area (Å²) in [6.45, 7) is 7.44. The van der Waals surface area contributed by atoms with Crippen LogP contribution in [0.3, 0.4) is 0 Å². The van der Waals surface area contributed by atoms with Gasteiger partial charge in [0.15, 0.2) is 5.13 Å². The molecule has 0 radical (unpaired) electrons. The third-order valence-electron chi connectivity index (χ3n) is 6.28. The number of nitrogens with zero attached hydrogens (tertiary/aromatic N) is 2. The molecular formula is C31H36N4O2S. The van der Waals surface area contributed by atoms with Crippen LogP contribution in [-0.2, 0) is 4.79 Å². The standard InChI is InChI=1S/C31H36N4O2S/c1-31(2,3)22-28(36)32-19-21-35(30(37)34-29-33-26-16-10-11-17-27(26)38-29)20-18-25(23-12-6-4-7-13-23)24-14-8-5-9-15-24/h4-17,25H,18-22H2,1-3H3,(H,32,36)(H,33,34,37). The van der Waals surface area contributed by atoms with Gasteiger partial charge in [-0.2, -0.15) is 0 Å². The number of hydrogen-bond acceptors (Lipinski definition) is 4. The molecule has 38 heavy (non-hydrogen) atoms. The van der Waals surface area contributed by atoms with Crippen molar-refractivity contribution in [2.24, 2.45) is 5.41 Å². The number of fused-ring (bicyclic) bond motifs is 1. The van der Waals surface area contributed by atoms with E-state index in [-0.39, 0.29) is 23.3 Å². The lowest BCUT2D eigenvalue weighted by Crippen LogP contribution is -2.42. The first-order valence-corrected chi connectivity index (χ1v) is 13.9. The van der Waals surface area contributed by atoms with Crippen molar-refractivity contribution in [1.82, 2.24) is 15.2 Å². The van der Waals surface area contributed by atoms with Gasteiger partial charge in [-0.1, -0.05) is 105 Å². The summed E-state index contributed by atoms with van der Waals surface area (Å²) in [5.74, 6) is 0.140. The minimum atomic E-state index is -0.214. The van der Waals surface area contributed by atoms with Gasteiger partial charge in [0.05, 0.1) is 10.2 Å². The van der Waals surface area contributed by atoms with E-state index in [1.807, 2.05) is 81.4 Å². The molecule has 3 amide bonds. The van der Waals surface area contributed by atoms with Crippen LogP contribution in [-0.4, -0.2) is 41.5 Å². The molecule has 0 atom stereocenters. The summed E-state index contributed by atoms with van der Waals surface area (Å²) in [7, 11) is 0. The number of anilines is 1. The second-order valence-electron chi connectivity index (χ2n) is 10.7. The van der Waals surface area contributed by atoms with Crippen molar-refractivity contribution < 1.29 is 9.59 Å². The summed E-state index contributed by atoms with van der Waals surface area (Å²) < 4.78 is 1.03. The lowest BCUT2D eigenvalue weighted by atomic mass is 9.88. The molecule has 1 aromatic heterocycles. The molecule has 0 aliphatic carbocycles. The predicted octanol–water partition coefficient (Wildman–Crippen LogP) is 6.90. The van der Waals surface area contributed by atoms with Gasteiger partial charge in [-0.05, 0) is 35.1 Å². The molecule has 7 heteroatoms. The van der Waals surface area contributed by atoms with Crippen molar-refractivity contribution in [2.45, 2.75) is 39.5 Å². The topological polar surface area (TPSA) is 74.3 Å². The number of rotatable bonds is 10. The maximum absolute atomic E-state index is 13.4. The molecule has 198 valence electrons. The molecule has 0 saturated carbocycles. The molecule has 2 N–H and O–H groups in total. The van der Waals surface area contributed by atoms with E-state index in [2.05, 4.69) is 39.9 Å². The normalized spacial score (nSPS) is 11.5. The molecule has 4 aromatic rings. The van der Waals surface area contributed by atoms with E-state index in [9.17, 15) is 9.59 Å². The Balaban J connectivity index is 1.48. The highest BCUT2D eigenvalue weighted by Gasteiger charge is 2.21. The predicted molar refractivity (Wildman–Crippen MR) is 157 cm³/mol. The second-order valence-corrected chi connectivity index (χ2v) is 11.7. The number of carbonyl (C=O) groups excluding carboxylic acids is 2. The van der Waals surface area contributed by atoms with E-state index in [0.29, 0.717) is 31.2 Å². The Morgan fingerprint density at radius 2 is 1.47 bits per heavy atom. The van der Waals surface area contributed by atoms with E-state index in [1.165, 1.54) is 22.5 Å². The number of urea groups is 1. The largest absolute Gasteiger partial charge is 0.354 e. The molecule has 4 rings (SSSR count). The monoisotopic (exact) mass is 528 g/mol. The number of carbonyl (C=O) groups is 2. The van der Waals surface area contributed by atoms with Gasteiger partial charge in [0.2, 0.25) is 5.91 Å². The van der Waals surface area contributed by atoms with Crippen LogP contribution in [0.15, 0.2) is 84.9 Å². The van der Waals surface area contributed by atoms with Gasteiger partial charge < -0.3 is 10.2 Å². The molecular weight excluding hydrogens is 492 g/mol. The van der Waals surface area contributed by atoms with Gasteiger partial charge in [-0.25, -0.2) is 9.78 Å². The van der Waals surface area contributed by atoms with E-state index in [1.54, 1.807) is 4.90 Å². The van der Waals surface area contributed by atoms with Crippen molar-refractivity contribution in [3.63, 3.8) is 0 Å². The molecule has 0 aliphatic rings. The molecule has 3 aromatic carbocycles. The molecule has 0 fully saturated rings. The Morgan fingerprint density at radius 3 is 2.08 bits per heavy atom. The molecule has 0 saturated heterocycles. The minimum Gasteiger partial charge on any atom is -0.354 e. The number of nitrogens with one attached hydrogen (secondary N) is 2. The summed E-state index contributed by atoms with van der Waals surface area (Å²) in [5.41, 5.74) is 3.20. The first-order chi connectivity index (χ1) is 18.3.